The van der Waals surface area contributed by atoms with Crippen molar-refractivity contribution in [1.82, 2.24) is 0 Å². The Morgan fingerprint density at radius 1 is 0.130 bits per heavy atom. The van der Waals surface area contributed by atoms with Crippen LogP contribution >= 0.6 is 0 Å². The van der Waals surface area contributed by atoms with E-state index in [4.69, 9.17) is 4.42 Å². The summed E-state index contributed by atoms with van der Waals surface area (Å²) in [7, 11) is 61.5. The number of furan rings is 1. The Kier molecular flexibility index (Phi) is 12.2. The molecule has 304 valence electrons. The third-order valence-corrected chi connectivity index (χ3v) is 19.8. The summed E-state index contributed by atoms with van der Waals surface area (Å²) < 4.78 is 7.30. The largest absolute Gasteiger partial charge is 0.457 e. The van der Waals surface area contributed by atoms with E-state index in [1.165, 1.54) is 219 Å². The van der Waals surface area contributed by atoms with Gasteiger partial charge in [-0.1, -0.05) is 81.9 Å². The molecule has 0 amide bonds. The highest BCUT2D eigenvalue weighted by Gasteiger charge is 2.32. The third kappa shape index (κ3) is 6.41. The molecule has 9 rings (SSSR count). The van der Waals surface area contributed by atoms with Crippen LogP contribution < -0.4 is 142 Å². The molecule has 0 aliphatic carbocycles. The lowest BCUT2D eigenvalue weighted by Gasteiger charge is -2.32. The summed E-state index contributed by atoms with van der Waals surface area (Å²) in [6, 6.07) is 0. The quantitative estimate of drug-likeness (QED) is 0.127. The maximum Gasteiger partial charge on any atom is 0.145 e. The van der Waals surface area contributed by atoms with E-state index < -0.39 is 0 Å². The number of fused-ring (bicyclic) bond motifs is 6. The molecular weight excluding hydrogens is 802 g/mol. The van der Waals surface area contributed by atoms with Gasteiger partial charge in [0.15, 0.2) is 0 Å². The van der Waals surface area contributed by atoms with E-state index in [1.807, 2.05) is 0 Å². The van der Waals surface area contributed by atoms with E-state index in [9.17, 15) is 0 Å². The first-order chi connectivity index (χ1) is 32.2. The third-order valence-electron chi connectivity index (χ3n) is 19.8. The van der Waals surface area contributed by atoms with Crippen LogP contribution in [0.2, 0.25) is 0 Å². The van der Waals surface area contributed by atoms with Crippen LogP contribution in [0.1, 0.15) is 0 Å². The maximum atomic E-state index is 7.30. The molecule has 69 heavy (non-hydrogen) atoms. The van der Waals surface area contributed by atoms with Crippen molar-refractivity contribution in [2.24, 2.45) is 0 Å². The summed E-state index contributed by atoms with van der Waals surface area (Å²) in [4.78, 5) is 0. The van der Waals surface area contributed by atoms with Crippen molar-refractivity contribution in [3.63, 3.8) is 0 Å². The van der Waals surface area contributed by atoms with E-state index in [1.54, 1.807) is 0 Å². The van der Waals surface area contributed by atoms with Crippen molar-refractivity contribution in [3.8, 4) is 33.4 Å². The minimum absolute atomic E-state index is 1.03. The van der Waals surface area contributed by atoms with Crippen LogP contribution in [-0.4, -0.2) is 204 Å². The van der Waals surface area contributed by atoms with E-state index in [0.29, 0.717) is 0 Å². The molecule has 1 nitrogen and oxygen atoms in total. The van der Waals surface area contributed by atoms with E-state index in [0.717, 1.165) is 11.2 Å². The molecule has 0 fully saturated rings. The van der Waals surface area contributed by atoms with Gasteiger partial charge >= 0.3 is 0 Å². The molecule has 8 aromatic carbocycles. The number of rotatable bonds is 3. The SMILES string of the molecule is Bc1c(B)c(B)c(-c2c(B)c(B)c3c(-c4c(B)c(B)c(B)c(B)c4B)c4c(B)c(B)c(B)c(B)c4c(-c4c(B)c(B)c5oc6c(B)c7c(B)c(B)c(B)c(B)c7c(B)c6c5c4B)c3c2B)c(B)c1B. The molecule has 0 atom stereocenters. The fraction of sp³-hybridized carbons (Fsp3) is 0. The molecule has 0 saturated carbocycles. The fourth-order valence-electron chi connectivity index (χ4n) is 13.9. The normalized spacial score (nSPS) is 11.8. The number of hydrogen-bond donors (Lipinski definition) is 0. The Bertz CT molecular complexity index is 3910. The van der Waals surface area contributed by atoms with Gasteiger partial charge in [-0.2, -0.15) is 0 Å². The second-order valence-corrected chi connectivity index (χ2v) is 22.3. The molecule has 0 unspecified atom stereocenters. The number of hydrogen-bond acceptors (Lipinski definition) is 1. The topological polar surface area (TPSA) is 13.1 Å². The predicted octanol–water partition coefficient (Wildman–Crippen LogP) is -33.2. The smallest absolute Gasteiger partial charge is 0.145 e. The van der Waals surface area contributed by atoms with Crippen molar-refractivity contribution >= 4 is 400 Å². The van der Waals surface area contributed by atoms with Crippen LogP contribution in [0.4, 0.5) is 0 Å². The average Bonchev–Trinajstić information content (AvgIpc) is 3.74. The Balaban J connectivity index is 1.67. The van der Waals surface area contributed by atoms with Crippen molar-refractivity contribution in [2.45, 2.75) is 0 Å². The van der Waals surface area contributed by atoms with Gasteiger partial charge in [-0.3, -0.25) is 0 Å². The van der Waals surface area contributed by atoms with Crippen LogP contribution in [0, 0.1) is 0 Å². The Hall–Kier alpha value is -3.97. The highest BCUT2D eigenvalue weighted by molar-refractivity contribution is 6.77. The second kappa shape index (κ2) is 16.8. The molecule has 0 N–H and O–H groups in total. The van der Waals surface area contributed by atoms with Gasteiger partial charge in [0.05, 0.1) is 0 Å². The first-order valence-corrected chi connectivity index (χ1v) is 25.7. The maximum absolute atomic E-state index is 7.30. The van der Waals surface area contributed by atoms with Crippen LogP contribution in [0.3, 0.4) is 0 Å². The van der Waals surface area contributed by atoms with Crippen molar-refractivity contribution < 1.29 is 4.42 Å². The molecule has 0 saturated heterocycles. The molecule has 9 aromatic rings. The molecule has 1 heterocycles. The van der Waals surface area contributed by atoms with Gasteiger partial charge < -0.3 is 4.42 Å². The Morgan fingerprint density at radius 3 is 0.739 bits per heavy atom. The molecule has 0 aliphatic heterocycles. The zero-order chi connectivity index (χ0) is 51.0. The van der Waals surface area contributed by atoms with Crippen molar-refractivity contribution in [3.05, 3.63) is 0 Å². The zero-order valence-corrected chi connectivity index (χ0v) is 47.4. The highest BCUT2D eigenvalue weighted by Crippen LogP contribution is 2.40. The summed E-state index contributed by atoms with van der Waals surface area (Å²) in [6.07, 6.45) is 0. The molecule has 0 bridgehead atoms. The Morgan fingerprint density at radius 2 is 0.333 bits per heavy atom. The van der Waals surface area contributed by atoms with Crippen LogP contribution in [0.15, 0.2) is 4.42 Å². The van der Waals surface area contributed by atoms with Gasteiger partial charge in [-0.25, -0.2) is 0 Å². The minimum atomic E-state index is 1.03. The predicted molar refractivity (Wildman–Crippen MR) is 395 cm³/mol. The van der Waals surface area contributed by atoms with Gasteiger partial charge in [0.25, 0.3) is 0 Å². The van der Waals surface area contributed by atoms with Gasteiger partial charge in [0.2, 0.25) is 0 Å². The van der Waals surface area contributed by atoms with Crippen LogP contribution in [-0.2, 0) is 0 Å². The second-order valence-electron chi connectivity index (χ2n) is 22.3. The highest BCUT2D eigenvalue weighted by atomic mass is 16.3. The summed E-state index contributed by atoms with van der Waals surface area (Å²) in [5.41, 5.74) is 45.9. The Labute approximate surface area is 435 Å². The summed E-state index contributed by atoms with van der Waals surface area (Å²) in [5.74, 6) is 0. The van der Waals surface area contributed by atoms with Gasteiger partial charge in [0.1, 0.15) is 215 Å². The van der Waals surface area contributed by atoms with E-state index >= 15 is 0 Å². The lowest BCUT2D eigenvalue weighted by Crippen LogP contribution is -2.56. The first kappa shape index (κ1) is 50.0. The molecule has 0 aliphatic rings. The lowest BCUT2D eigenvalue weighted by molar-refractivity contribution is 0.675. The molecule has 27 heteroatoms. The van der Waals surface area contributed by atoms with Gasteiger partial charge in [0, 0.05) is 10.8 Å². The monoisotopic (exact) mass is 859 g/mol. The molecular formula is C42H52B26O. The molecule has 0 radical (unpaired) electrons. The van der Waals surface area contributed by atoms with Crippen LogP contribution in [0.25, 0.3) is 87.6 Å². The molecule has 1 aromatic heterocycles. The summed E-state index contributed by atoms with van der Waals surface area (Å²) >= 11 is 0. The average molecular weight is 854 g/mol. The fourth-order valence-corrected chi connectivity index (χ4v) is 13.9. The van der Waals surface area contributed by atoms with E-state index in [-0.39, 0.29) is 0 Å². The molecule has 0 spiro atoms. The number of benzene rings is 8. The van der Waals surface area contributed by atoms with E-state index in [2.05, 4.69) is 204 Å². The van der Waals surface area contributed by atoms with Gasteiger partial charge in [-0.15, -0.1) is 54.6 Å². The van der Waals surface area contributed by atoms with Crippen molar-refractivity contribution in [1.29, 1.82) is 0 Å². The van der Waals surface area contributed by atoms with Crippen molar-refractivity contribution in [2.75, 3.05) is 0 Å². The zero-order valence-electron chi connectivity index (χ0n) is 47.4. The first-order valence-electron chi connectivity index (χ1n) is 25.7. The van der Waals surface area contributed by atoms with Crippen LogP contribution in [0.5, 0.6) is 0 Å². The summed E-state index contributed by atoms with van der Waals surface area (Å²) in [5, 5.41) is 10.9. The minimum Gasteiger partial charge on any atom is -0.457 e. The van der Waals surface area contributed by atoms with Gasteiger partial charge in [-0.05, 0) is 71.2 Å². The standard InChI is InChI=1S/C42H52B26O/c43-15-3-1(7-16(44)14-13-17(45)10-12(27(55)33(61)32(60)24(10)52)29(57)41(13)69-42(14)40(68)28(7)56)5-6(20(48)31(59)30(58)19(5)47)2(8-22(50)34(62)38(66)35(63)23(8)51)4(3)18(46)21(49)9(15)11-25(53)36(64)39(67)37(65)26(11)54/h43-68H2. The lowest BCUT2D eigenvalue weighted by atomic mass is 9.55. The summed E-state index contributed by atoms with van der Waals surface area (Å²) in [6.45, 7) is 0.